The Hall–Kier alpha value is -2.17. The first-order valence-corrected chi connectivity index (χ1v) is 6.04. The second-order valence-corrected chi connectivity index (χ2v) is 4.45. The number of fused-ring (bicyclic) bond motifs is 1. The Morgan fingerprint density at radius 3 is 2.72 bits per heavy atom. The first-order chi connectivity index (χ1) is 8.77. The molecule has 0 atom stereocenters. The van der Waals surface area contributed by atoms with Crippen molar-refractivity contribution >= 4 is 22.3 Å². The fourth-order valence-electron chi connectivity index (χ4n) is 2.53. The van der Waals surface area contributed by atoms with Crippen LogP contribution in [0, 0.1) is 10.1 Å². The van der Waals surface area contributed by atoms with Crippen LogP contribution in [0.15, 0.2) is 30.5 Å². The molecule has 0 unspecified atom stereocenters. The third kappa shape index (κ3) is 1.68. The van der Waals surface area contributed by atoms with Crippen LogP contribution in [0.5, 0.6) is 0 Å². The highest BCUT2D eigenvalue weighted by atomic mass is 16.6. The van der Waals surface area contributed by atoms with E-state index in [1.807, 2.05) is 12.1 Å². The van der Waals surface area contributed by atoms with E-state index in [-0.39, 0.29) is 10.6 Å². The van der Waals surface area contributed by atoms with Gasteiger partial charge in [-0.2, -0.15) is 0 Å². The second-order valence-electron chi connectivity index (χ2n) is 4.45. The first-order valence-electron chi connectivity index (χ1n) is 6.04. The number of anilines is 1. The summed E-state index contributed by atoms with van der Waals surface area (Å²) in [6.07, 6.45) is 3.85. The number of rotatable bonds is 2. The van der Waals surface area contributed by atoms with Gasteiger partial charge in [-0.3, -0.25) is 15.1 Å². The van der Waals surface area contributed by atoms with E-state index >= 15 is 0 Å². The quantitative estimate of drug-likeness (QED) is 0.601. The summed E-state index contributed by atoms with van der Waals surface area (Å²) in [5.41, 5.74) is 1.58. The minimum atomic E-state index is -0.294. The molecule has 1 saturated heterocycles. The van der Waals surface area contributed by atoms with Gasteiger partial charge in [0.1, 0.15) is 5.69 Å². The van der Waals surface area contributed by atoms with Gasteiger partial charge in [-0.25, -0.2) is 0 Å². The molecule has 2 aromatic rings. The Morgan fingerprint density at radius 2 is 2.00 bits per heavy atom. The maximum Gasteiger partial charge on any atom is 0.301 e. The predicted octanol–water partition coefficient (Wildman–Crippen LogP) is 2.74. The van der Waals surface area contributed by atoms with Crippen LogP contribution in [-0.2, 0) is 0 Å². The van der Waals surface area contributed by atoms with Crippen LogP contribution < -0.4 is 4.90 Å². The summed E-state index contributed by atoms with van der Waals surface area (Å²) in [4.78, 5) is 17.3. The number of hydrogen-bond acceptors (Lipinski definition) is 4. The lowest BCUT2D eigenvalue weighted by Crippen LogP contribution is -2.19. The summed E-state index contributed by atoms with van der Waals surface area (Å²) in [7, 11) is 0. The largest absolute Gasteiger partial charge is 0.366 e. The third-order valence-electron chi connectivity index (χ3n) is 3.36. The molecule has 92 valence electrons. The van der Waals surface area contributed by atoms with Crippen molar-refractivity contribution in [2.45, 2.75) is 12.8 Å². The van der Waals surface area contributed by atoms with Crippen LogP contribution in [0.3, 0.4) is 0 Å². The average Bonchev–Trinajstić information content (AvgIpc) is 2.90. The SMILES string of the molecule is O=[N+]([O-])c1c(N2CCCC2)ccc2ncccc12. The van der Waals surface area contributed by atoms with E-state index in [1.165, 1.54) is 0 Å². The summed E-state index contributed by atoms with van der Waals surface area (Å²) >= 11 is 0. The van der Waals surface area contributed by atoms with E-state index in [1.54, 1.807) is 18.3 Å². The molecule has 5 heteroatoms. The Labute approximate surface area is 104 Å². The molecular weight excluding hydrogens is 230 g/mol. The van der Waals surface area contributed by atoms with E-state index < -0.39 is 0 Å². The molecule has 0 N–H and O–H groups in total. The van der Waals surface area contributed by atoms with Crippen molar-refractivity contribution in [1.29, 1.82) is 0 Å². The molecule has 5 nitrogen and oxygen atoms in total. The van der Waals surface area contributed by atoms with Gasteiger partial charge in [0.2, 0.25) is 0 Å². The predicted molar refractivity (Wildman–Crippen MR) is 69.8 cm³/mol. The highest BCUT2D eigenvalue weighted by molar-refractivity contribution is 5.94. The molecule has 1 fully saturated rings. The fraction of sp³-hybridized carbons (Fsp3) is 0.308. The van der Waals surface area contributed by atoms with E-state index in [9.17, 15) is 10.1 Å². The van der Waals surface area contributed by atoms with E-state index in [2.05, 4.69) is 9.88 Å². The van der Waals surface area contributed by atoms with Gasteiger partial charge >= 0.3 is 5.69 Å². The number of hydrogen-bond donors (Lipinski definition) is 0. The Morgan fingerprint density at radius 1 is 1.22 bits per heavy atom. The zero-order valence-electron chi connectivity index (χ0n) is 9.87. The average molecular weight is 243 g/mol. The highest BCUT2D eigenvalue weighted by Crippen LogP contribution is 2.36. The molecular formula is C13H13N3O2. The summed E-state index contributed by atoms with van der Waals surface area (Å²) in [6.45, 7) is 1.79. The molecule has 0 spiro atoms. The zero-order valence-corrected chi connectivity index (χ0v) is 9.87. The summed E-state index contributed by atoms with van der Waals surface area (Å²) < 4.78 is 0. The molecule has 0 amide bonds. The molecule has 0 bridgehead atoms. The van der Waals surface area contributed by atoms with E-state index in [0.29, 0.717) is 10.9 Å². The van der Waals surface area contributed by atoms with Gasteiger partial charge in [-0.1, -0.05) is 0 Å². The number of pyridine rings is 1. The van der Waals surface area contributed by atoms with Crippen LogP contribution in [0.4, 0.5) is 11.4 Å². The Bertz CT molecular complexity index is 606. The van der Waals surface area contributed by atoms with E-state index in [0.717, 1.165) is 31.6 Å². The fourth-order valence-corrected chi connectivity index (χ4v) is 2.53. The van der Waals surface area contributed by atoms with Crippen molar-refractivity contribution in [3.05, 3.63) is 40.6 Å². The van der Waals surface area contributed by atoms with Crippen molar-refractivity contribution in [3.63, 3.8) is 0 Å². The summed E-state index contributed by atoms with van der Waals surface area (Å²) in [5, 5.41) is 12.0. The molecule has 2 heterocycles. The minimum Gasteiger partial charge on any atom is -0.366 e. The van der Waals surface area contributed by atoms with Gasteiger partial charge in [-0.15, -0.1) is 0 Å². The Kier molecular flexibility index (Phi) is 2.59. The number of benzene rings is 1. The number of aromatic nitrogens is 1. The number of nitro groups is 1. The molecule has 1 aliphatic rings. The lowest BCUT2D eigenvalue weighted by atomic mass is 10.1. The molecule has 1 aliphatic heterocycles. The van der Waals surface area contributed by atoms with Crippen molar-refractivity contribution in [2.75, 3.05) is 18.0 Å². The summed E-state index contributed by atoms with van der Waals surface area (Å²) in [5.74, 6) is 0. The van der Waals surface area contributed by atoms with Crippen molar-refractivity contribution in [3.8, 4) is 0 Å². The van der Waals surface area contributed by atoms with Crippen LogP contribution in [0.25, 0.3) is 10.9 Å². The lowest BCUT2D eigenvalue weighted by Gasteiger charge is -2.18. The zero-order chi connectivity index (χ0) is 12.5. The van der Waals surface area contributed by atoms with Crippen molar-refractivity contribution in [2.24, 2.45) is 0 Å². The van der Waals surface area contributed by atoms with Gasteiger partial charge in [0.05, 0.1) is 15.8 Å². The van der Waals surface area contributed by atoms with Crippen LogP contribution in [0.2, 0.25) is 0 Å². The highest BCUT2D eigenvalue weighted by Gasteiger charge is 2.24. The Balaban J connectivity index is 2.24. The second kappa shape index (κ2) is 4.25. The van der Waals surface area contributed by atoms with Gasteiger partial charge in [-0.05, 0) is 37.1 Å². The van der Waals surface area contributed by atoms with Gasteiger partial charge in [0.15, 0.2) is 0 Å². The maximum atomic E-state index is 11.3. The molecule has 0 saturated carbocycles. The molecule has 1 aromatic heterocycles. The smallest absolute Gasteiger partial charge is 0.301 e. The van der Waals surface area contributed by atoms with Gasteiger partial charge < -0.3 is 4.90 Å². The number of nitro benzene ring substituents is 1. The topological polar surface area (TPSA) is 59.3 Å². The minimum absolute atomic E-state index is 0.183. The monoisotopic (exact) mass is 243 g/mol. The van der Waals surface area contributed by atoms with E-state index in [4.69, 9.17) is 0 Å². The van der Waals surface area contributed by atoms with Gasteiger partial charge in [0, 0.05) is 19.3 Å². The molecule has 0 radical (unpaired) electrons. The number of nitrogens with zero attached hydrogens (tertiary/aromatic N) is 3. The van der Waals surface area contributed by atoms with Crippen molar-refractivity contribution < 1.29 is 4.92 Å². The van der Waals surface area contributed by atoms with Crippen LogP contribution in [-0.4, -0.2) is 23.0 Å². The maximum absolute atomic E-state index is 11.3. The normalized spacial score (nSPS) is 15.2. The molecule has 0 aliphatic carbocycles. The molecule has 18 heavy (non-hydrogen) atoms. The van der Waals surface area contributed by atoms with Crippen molar-refractivity contribution in [1.82, 2.24) is 4.98 Å². The van der Waals surface area contributed by atoms with Crippen LogP contribution in [0.1, 0.15) is 12.8 Å². The van der Waals surface area contributed by atoms with Gasteiger partial charge in [0.25, 0.3) is 0 Å². The first kappa shape index (κ1) is 11.0. The lowest BCUT2D eigenvalue weighted by molar-refractivity contribution is -0.382. The summed E-state index contributed by atoms with van der Waals surface area (Å²) in [6, 6.07) is 7.18. The molecule has 3 rings (SSSR count). The third-order valence-corrected chi connectivity index (χ3v) is 3.36. The standard InChI is InChI=1S/C13H13N3O2/c17-16(18)13-10-4-3-7-14-11(10)5-6-12(13)15-8-1-2-9-15/h3-7H,1-2,8-9H2. The molecule has 1 aromatic carbocycles. The van der Waals surface area contributed by atoms with Crippen LogP contribution >= 0.6 is 0 Å².